The molecule has 0 saturated heterocycles. The molecule has 9 atom stereocenters. The molecule has 4 aliphatic rings. The van der Waals surface area contributed by atoms with Gasteiger partial charge < -0.3 is 9.84 Å². The minimum absolute atomic E-state index is 0.0135. The first-order valence-electron chi connectivity index (χ1n) is 14.8. The Hall–Kier alpha value is -0.910. The van der Waals surface area contributed by atoms with Crippen molar-refractivity contribution in [2.24, 2.45) is 45.3 Å². The first-order chi connectivity index (χ1) is 16.9. The van der Waals surface area contributed by atoms with Crippen LogP contribution in [0, 0.1) is 45.3 Å². The highest BCUT2D eigenvalue weighted by molar-refractivity contribution is 5.66. The van der Waals surface area contributed by atoms with E-state index in [1.165, 1.54) is 32.1 Å². The van der Waals surface area contributed by atoms with Gasteiger partial charge in [-0.3, -0.25) is 10.1 Å². The van der Waals surface area contributed by atoms with Crippen molar-refractivity contribution in [1.82, 2.24) is 0 Å². The summed E-state index contributed by atoms with van der Waals surface area (Å²) in [6.07, 6.45) is 13.6. The summed E-state index contributed by atoms with van der Waals surface area (Å²) in [4.78, 5) is 16.4. The third kappa shape index (κ3) is 4.53. The summed E-state index contributed by atoms with van der Waals surface area (Å²) >= 11 is 0. The number of ether oxygens (including phenoxy) is 1. The smallest absolute Gasteiger partial charge is 0.302 e. The van der Waals surface area contributed by atoms with Crippen LogP contribution in [0.15, 0.2) is 12.2 Å². The van der Waals surface area contributed by atoms with E-state index in [2.05, 4.69) is 39.5 Å². The lowest BCUT2D eigenvalue weighted by molar-refractivity contribution is -0.297. The highest BCUT2D eigenvalue weighted by Gasteiger charge is 2.69. The average Bonchev–Trinajstić information content (AvgIpc) is 3.14. The molecule has 5 heteroatoms. The van der Waals surface area contributed by atoms with Gasteiger partial charge in [0.25, 0.3) is 0 Å². The van der Waals surface area contributed by atoms with Crippen molar-refractivity contribution in [2.75, 3.05) is 0 Å². The molecule has 0 aliphatic heterocycles. The third-order valence-electron chi connectivity index (χ3n) is 12.7. The fraction of sp³-hybridized carbons (Fsp3) is 0.906. The Morgan fingerprint density at radius 3 is 2.19 bits per heavy atom. The molecule has 5 nitrogen and oxygen atoms in total. The monoisotopic (exact) mass is 518 g/mol. The highest BCUT2D eigenvalue weighted by Crippen LogP contribution is 2.75. The lowest BCUT2D eigenvalue weighted by Gasteiger charge is -2.70. The summed E-state index contributed by atoms with van der Waals surface area (Å²) in [6.45, 7) is 19.6. The summed E-state index contributed by atoms with van der Waals surface area (Å²) in [5.74, 6) is 1.86. The maximum atomic E-state index is 11.9. The van der Waals surface area contributed by atoms with Crippen molar-refractivity contribution in [1.29, 1.82) is 0 Å². The minimum Gasteiger partial charge on any atom is -0.462 e. The maximum absolute atomic E-state index is 11.9. The summed E-state index contributed by atoms with van der Waals surface area (Å²) < 4.78 is 5.87. The summed E-state index contributed by atoms with van der Waals surface area (Å²) in [6, 6.07) is 0. The summed E-state index contributed by atoms with van der Waals surface area (Å²) in [5.41, 5.74) is -0.828. The molecule has 0 amide bonds. The zero-order valence-electron chi connectivity index (χ0n) is 25.0. The van der Waals surface area contributed by atoms with E-state index >= 15 is 0 Å². The standard InChI is InChI=1S/C32H54O5/c1-21(33)36-26-15-18-29(6)24(28(26,4)5)14-20-31(8)25(29)12-11-22-23(13-19-30(22,31)7)32(9,34)17-10-16-27(2,3)37-35/h10,16,22-26,34-35H,11-15,17-20H2,1-9H3/b16-10+/t22-,23+,24+,25-,26-,29+,30-,31-,32+/m1/s1. The molecule has 0 aromatic heterocycles. The fourth-order valence-electron chi connectivity index (χ4n) is 10.6. The molecule has 0 bridgehead atoms. The van der Waals surface area contributed by atoms with E-state index in [-0.39, 0.29) is 39.7 Å². The van der Waals surface area contributed by atoms with Crippen molar-refractivity contribution in [3.05, 3.63) is 12.2 Å². The van der Waals surface area contributed by atoms with Gasteiger partial charge in [-0.1, -0.05) is 46.8 Å². The van der Waals surface area contributed by atoms with Crippen LogP contribution in [0.3, 0.4) is 0 Å². The molecule has 0 aromatic rings. The Morgan fingerprint density at radius 2 is 1.57 bits per heavy atom. The van der Waals surface area contributed by atoms with Crippen molar-refractivity contribution in [2.45, 2.75) is 137 Å². The van der Waals surface area contributed by atoms with Gasteiger partial charge >= 0.3 is 5.97 Å². The Balaban J connectivity index is 1.58. The predicted octanol–water partition coefficient (Wildman–Crippen LogP) is 7.57. The van der Waals surface area contributed by atoms with Crippen LogP contribution in [0.25, 0.3) is 0 Å². The molecule has 2 N–H and O–H groups in total. The molecule has 4 saturated carbocycles. The lowest BCUT2D eigenvalue weighted by Crippen LogP contribution is -2.64. The van der Waals surface area contributed by atoms with E-state index < -0.39 is 11.2 Å². The molecule has 0 unspecified atom stereocenters. The van der Waals surface area contributed by atoms with Crippen molar-refractivity contribution in [3.63, 3.8) is 0 Å². The second kappa shape index (κ2) is 9.34. The molecule has 0 spiro atoms. The number of hydrogen-bond acceptors (Lipinski definition) is 5. The first kappa shape index (κ1) is 29.1. The third-order valence-corrected chi connectivity index (χ3v) is 12.7. The zero-order valence-corrected chi connectivity index (χ0v) is 25.0. The van der Waals surface area contributed by atoms with Crippen LogP contribution in [-0.2, 0) is 14.4 Å². The van der Waals surface area contributed by atoms with Gasteiger partial charge in [-0.25, -0.2) is 4.89 Å². The van der Waals surface area contributed by atoms with Gasteiger partial charge in [-0.05, 0) is 118 Å². The molecule has 4 fully saturated rings. The van der Waals surface area contributed by atoms with Crippen molar-refractivity contribution < 1.29 is 24.8 Å². The fourth-order valence-corrected chi connectivity index (χ4v) is 10.6. The number of hydrogen-bond donors (Lipinski definition) is 2. The average molecular weight is 519 g/mol. The van der Waals surface area contributed by atoms with Crippen LogP contribution in [0.2, 0.25) is 0 Å². The van der Waals surface area contributed by atoms with Crippen molar-refractivity contribution in [3.8, 4) is 0 Å². The van der Waals surface area contributed by atoms with Crippen LogP contribution < -0.4 is 0 Å². The molecule has 212 valence electrons. The van der Waals surface area contributed by atoms with E-state index in [0.29, 0.717) is 24.2 Å². The topological polar surface area (TPSA) is 76.0 Å². The van der Waals surface area contributed by atoms with Gasteiger partial charge in [0.2, 0.25) is 0 Å². The van der Waals surface area contributed by atoms with Crippen LogP contribution >= 0.6 is 0 Å². The largest absolute Gasteiger partial charge is 0.462 e. The molecule has 4 aliphatic carbocycles. The van der Waals surface area contributed by atoms with Crippen molar-refractivity contribution >= 4 is 5.97 Å². The summed E-state index contributed by atoms with van der Waals surface area (Å²) in [5, 5.41) is 20.8. The second-order valence-electron chi connectivity index (χ2n) is 15.4. The second-order valence-corrected chi connectivity index (χ2v) is 15.4. The molecule has 0 aromatic carbocycles. The van der Waals surface area contributed by atoms with Crippen LogP contribution in [-0.4, -0.2) is 33.6 Å². The Kier molecular flexibility index (Phi) is 7.34. The number of carbonyl (C=O) groups is 1. The van der Waals surface area contributed by atoms with Gasteiger partial charge in [0.05, 0.1) is 5.60 Å². The molecule has 4 rings (SSSR count). The van der Waals surface area contributed by atoms with E-state index in [9.17, 15) is 9.90 Å². The highest BCUT2D eigenvalue weighted by atomic mass is 17.1. The number of rotatable bonds is 6. The first-order valence-corrected chi connectivity index (χ1v) is 14.8. The van der Waals surface area contributed by atoms with Crippen LogP contribution in [0.5, 0.6) is 0 Å². The van der Waals surface area contributed by atoms with Crippen LogP contribution in [0.4, 0.5) is 0 Å². The number of carbonyl (C=O) groups excluding carboxylic acids is 1. The SMILES string of the molecule is CC(=O)O[C@@H]1CC[C@]2(C)[C@H]3CC[C@@H]4[C@@H]([C@@](C)(O)C/C=C/C(C)(C)OO)CC[C@@]4(C)[C@]3(C)CC[C@H]2C1(C)C. The Bertz CT molecular complexity index is 905. The molecule has 0 heterocycles. The molecular weight excluding hydrogens is 464 g/mol. The number of aliphatic hydroxyl groups is 1. The van der Waals surface area contributed by atoms with Crippen LogP contribution in [0.1, 0.15) is 120 Å². The van der Waals surface area contributed by atoms with Gasteiger partial charge in [0.1, 0.15) is 11.7 Å². The minimum atomic E-state index is -0.779. The van der Waals surface area contributed by atoms with Gasteiger partial charge in [-0.2, -0.15) is 0 Å². The Morgan fingerprint density at radius 1 is 0.919 bits per heavy atom. The van der Waals surface area contributed by atoms with Gasteiger partial charge in [-0.15, -0.1) is 0 Å². The van der Waals surface area contributed by atoms with E-state index in [1.54, 1.807) is 6.92 Å². The summed E-state index contributed by atoms with van der Waals surface area (Å²) in [7, 11) is 0. The van der Waals surface area contributed by atoms with Gasteiger partial charge in [0.15, 0.2) is 0 Å². The predicted molar refractivity (Wildman–Crippen MR) is 147 cm³/mol. The number of esters is 1. The normalized spacial score (nSPS) is 45.0. The van der Waals surface area contributed by atoms with Gasteiger partial charge in [0, 0.05) is 12.3 Å². The quantitative estimate of drug-likeness (QED) is 0.164. The van der Waals surface area contributed by atoms with E-state index in [1.807, 2.05) is 32.9 Å². The maximum Gasteiger partial charge on any atom is 0.302 e. The number of fused-ring (bicyclic) bond motifs is 5. The molecule has 37 heavy (non-hydrogen) atoms. The Labute approximate surface area is 225 Å². The molecule has 0 radical (unpaired) electrons. The zero-order chi connectivity index (χ0) is 27.7. The van der Waals surface area contributed by atoms with E-state index in [4.69, 9.17) is 9.99 Å². The molecular formula is C32H54O5. The van der Waals surface area contributed by atoms with E-state index in [0.717, 1.165) is 19.3 Å². The lowest BCUT2D eigenvalue weighted by atomic mass is 9.35.